The molecule has 1 N–H and O–H groups in total. The van der Waals surface area contributed by atoms with Crippen LogP contribution in [0.25, 0.3) is 11.4 Å². The summed E-state index contributed by atoms with van der Waals surface area (Å²) in [6, 6.07) is 15.8. The molecular weight excluding hydrogens is 445 g/mol. The molecule has 35 heavy (non-hydrogen) atoms. The van der Waals surface area contributed by atoms with Crippen LogP contribution in [0.1, 0.15) is 35.4 Å². The smallest absolute Gasteiger partial charge is 0.274 e. The topological polar surface area (TPSA) is 70.5 Å². The van der Waals surface area contributed by atoms with Crippen molar-refractivity contribution in [1.29, 1.82) is 0 Å². The van der Waals surface area contributed by atoms with Crippen molar-refractivity contribution in [1.82, 2.24) is 19.4 Å². The summed E-state index contributed by atoms with van der Waals surface area (Å²) in [5.41, 5.74) is 3.23. The minimum absolute atomic E-state index is 0.0201. The molecule has 182 valence electrons. The molecule has 2 aromatic carbocycles. The van der Waals surface area contributed by atoms with E-state index >= 15 is 0 Å². The molecule has 2 amide bonds. The van der Waals surface area contributed by atoms with Crippen molar-refractivity contribution >= 4 is 17.5 Å². The zero-order valence-electron chi connectivity index (χ0n) is 19.8. The van der Waals surface area contributed by atoms with Crippen molar-refractivity contribution in [3.05, 3.63) is 71.8 Å². The minimum atomic E-state index is -0.339. The standard InChI is InChI=1S/C27H30FN5O2/c28-21-10-12-22(13-11-21)29-24(34)19-31-15-17-32(18-16-31)27(35)25-23-9-5-2-6-14-33(23)26(30-25)20-7-3-1-4-8-20/h1,3-4,7-8,10-13H,2,5-6,9,14-19H2,(H,29,34). The van der Waals surface area contributed by atoms with Crippen LogP contribution in [0.4, 0.5) is 10.1 Å². The molecule has 0 radical (unpaired) electrons. The molecule has 3 heterocycles. The van der Waals surface area contributed by atoms with E-state index in [9.17, 15) is 14.0 Å². The molecule has 8 heteroatoms. The predicted octanol–water partition coefficient (Wildman–Crippen LogP) is 3.81. The van der Waals surface area contributed by atoms with E-state index in [1.165, 1.54) is 12.1 Å². The molecule has 1 fully saturated rings. The van der Waals surface area contributed by atoms with Gasteiger partial charge in [-0.25, -0.2) is 9.37 Å². The number of anilines is 1. The number of aromatic nitrogens is 2. The van der Waals surface area contributed by atoms with Gasteiger partial charge in [-0.1, -0.05) is 36.8 Å². The molecule has 0 unspecified atom stereocenters. The van der Waals surface area contributed by atoms with E-state index in [1.807, 2.05) is 40.1 Å². The second kappa shape index (κ2) is 10.4. The van der Waals surface area contributed by atoms with E-state index in [4.69, 9.17) is 4.98 Å². The van der Waals surface area contributed by atoms with Gasteiger partial charge in [0.15, 0.2) is 0 Å². The Balaban J connectivity index is 1.24. The van der Waals surface area contributed by atoms with Gasteiger partial charge < -0.3 is 14.8 Å². The fourth-order valence-corrected chi connectivity index (χ4v) is 4.89. The third-order valence-corrected chi connectivity index (χ3v) is 6.76. The fraction of sp³-hybridized carbons (Fsp3) is 0.370. The predicted molar refractivity (Wildman–Crippen MR) is 133 cm³/mol. The van der Waals surface area contributed by atoms with Crippen molar-refractivity contribution in [2.45, 2.75) is 32.2 Å². The van der Waals surface area contributed by atoms with Gasteiger partial charge in [0.05, 0.1) is 12.2 Å². The molecule has 0 bridgehead atoms. The van der Waals surface area contributed by atoms with Crippen LogP contribution in [0, 0.1) is 5.82 Å². The van der Waals surface area contributed by atoms with Gasteiger partial charge in [-0.05, 0) is 43.5 Å². The molecule has 3 aromatic rings. The van der Waals surface area contributed by atoms with Gasteiger partial charge in [0.25, 0.3) is 5.91 Å². The summed E-state index contributed by atoms with van der Waals surface area (Å²) < 4.78 is 15.3. The maximum absolute atomic E-state index is 13.5. The van der Waals surface area contributed by atoms with Crippen LogP contribution in [0.3, 0.4) is 0 Å². The second-order valence-corrected chi connectivity index (χ2v) is 9.18. The molecule has 0 saturated carbocycles. The lowest BCUT2D eigenvalue weighted by Gasteiger charge is -2.34. The molecule has 1 aromatic heterocycles. The Morgan fingerprint density at radius 1 is 0.886 bits per heavy atom. The van der Waals surface area contributed by atoms with E-state index in [-0.39, 0.29) is 24.2 Å². The largest absolute Gasteiger partial charge is 0.335 e. The highest BCUT2D eigenvalue weighted by Crippen LogP contribution is 2.28. The molecule has 1 saturated heterocycles. The van der Waals surface area contributed by atoms with Crippen LogP contribution in [0.5, 0.6) is 0 Å². The normalized spacial score (nSPS) is 16.4. The van der Waals surface area contributed by atoms with Crippen molar-refractivity contribution < 1.29 is 14.0 Å². The lowest BCUT2D eigenvalue weighted by molar-refractivity contribution is -0.117. The number of nitrogens with zero attached hydrogens (tertiary/aromatic N) is 4. The number of fused-ring (bicyclic) bond motifs is 1. The van der Waals surface area contributed by atoms with E-state index in [2.05, 4.69) is 9.88 Å². The summed E-state index contributed by atoms with van der Waals surface area (Å²) >= 11 is 0. The minimum Gasteiger partial charge on any atom is -0.335 e. The van der Waals surface area contributed by atoms with Gasteiger partial charge in [-0.15, -0.1) is 0 Å². The Kier molecular flexibility index (Phi) is 6.90. The van der Waals surface area contributed by atoms with E-state index in [1.54, 1.807) is 12.1 Å². The lowest BCUT2D eigenvalue weighted by atomic mass is 10.1. The van der Waals surface area contributed by atoms with Crippen molar-refractivity contribution in [2.75, 3.05) is 38.0 Å². The van der Waals surface area contributed by atoms with Crippen LogP contribution >= 0.6 is 0 Å². The molecule has 0 aliphatic carbocycles. The number of rotatable bonds is 5. The molecule has 2 aliphatic heterocycles. The first-order chi connectivity index (χ1) is 17.1. The Hall–Kier alpha value is -3.52. The number of hydrogen-bond donors (Lipinski definition) is 1. The fourth-order valence-electron chi connectivity index (χ4n) is 4.89. The van der Waals surface area contributed by atoms with E-state index in [0.717, 1.165) is 49.3 Å². The Labute approximate surface area is 204 Å². The Morgan fingerprint density at radius 3 is 2.37 bits per heavy atom. The van der Waals surface area contributed by atoms with Gasteiger partial charge in [0, 0.05) is 44.0 Å². The zero-order chi connectivity index (χ0) is 24.2. The highest BCUT2D eigenvalue weighted by atomic mass is 19.1. The number of imidazole rings is 1. The number of amides is 2. The highest BCUT2D eigenvalue weighted by Gasteiger charge is 2.29. The molecule has 0 atom stereocenters. The summed E-state index contributed by atoms with van der Waals surface area (Å²) in [6.45, 7) is 3.45. The van der Waals surface area contributed by atoms with Gasteiger partial charge in [0.2, 0.25) is 5.91 Å². The number of benzene rings is 2. The van der Waals surface area contributed by atoms with Gasteiger partial charge in [0.1, 0.15) is 17.3 Å². The molecule has 2 aliphatic rings. The average Bonchev–Trinajstić information content (AvgIpc) is 3.06. The van der Waals surface area contributed by atoms with Crippen LogP contribution in [0.15, 0.2) is 54.6 Å². The number of nitrogens with one attached hydrogen (secondary N) is 1. The molecule has 5 rings (SSSR count). The summed E-state index contributed by atoms with van der Waals surface area (Å²) in [4.78, 5) is 34.7. The van der Waals surface area contributed by atoms with E-state index in [0.29, 0.717) is 37.6 Å². The third kappa shape index (κ3) is 5.27. The monoisotopic (exact) mass is 475 g/mol. The Bertz CT molecular complexity index is 1180. The number of hydrogen-bond acceptors (Lipinski definition) is 4. The molecular formula is C27H30FN5O2. The van der Waals surface area contributed by atoms with Gasteiger partial charge in [-0.3, -0.25) is 14.5 Å². The quantitative estimate of drug-likeness (QED) is 0.609. The van der Waals surface area contributed by atoms with Gasteiger partial charge in [-0.2, -0.15) is 0 Å². The highest BCUT2D eigenvalue weighted by molar-refractivity contribution is 5.95. The summed E-state index contributed by atoms with van der Waals surface area (Å²) in [5, 5.41) is 2.79. The maximum atomic E-state index is 13.5. The van der Waals surface area contributed by atoms with Crippen molar-refractivity contribution in [3.63, 3.8) is 0 Å². The van der Waals surface area contributed by atoms with Crippen molar-refractivity contribution in [2.24, 2.45) is 0 Å². The average molecular weight is 476 g/mol. The first-order valence-corrected chi connectivity index (χ1v) is 12.3. The van der Waals surface area contributed by atoms with Crippen molar-refractivity contribution in [3.8, 4) is 11.4 Å². The zero-order valence-corrected chi connectivity index (χ0v) is 19.8. The van der Waals surface area contributed by atoms with E-state index < -0.39 is 0 Å². The first-order valence-electron chi connectivity index (χ1n) is 12.3. The summed E-state index contributed by atoms with van der Waals surface area (Å²) in [5.74, 6) is 0.368. The first kappa shape index (κ1) is 23.2. The SMILES string of the molecule is O=C(CN1CCN(C(=O)c2nc(-c3ccccc3)n3c2CCCCC3)CC1)Nc1ccc(F)cc1. The number of carbonyl (C=O) groups excluding carboxylic acids is 2. The number of piperazine rings is 1. The van der Waals surface area contributed by atoms with Gasteiger partial charge >= 0.3 is 0 Å². The maximum Gasteiger partial charge on any atom is 0.274 e. The lowest BCUT2D eigenvalue weighted by Crippen LogP contribution is -2.50. The summed E-state index contributed by atoms with van der Waals surface area (Å²) in [6.07, 6.45) is 4.18. The summed E-state index contributed by atoms with van der Waals surface area (Å²) in [7, 11) is 0. The van der Waals surface area contributed by atoms with Crippen LogP contribution in [-0.4, -0.2) is 63.9 Å². The number of carbonyl (C=O) groups is 2. The second-order valence-electron chi connectivity index (χ2n) is 9.18. The van der Waals surface area contributed by atoms with Crippen LogP contribution in [0.2, 0.25) is 0 Å². The van der Waals surface area contributed by atoms with Crippen LogP contribution in [-0.2, 0) is 17.8 Å². The number of halogens is 1. The van der Waals surface area contributed by atoms with Crippen LogP contribution < -0.4 is 5.32 Å². The third-order valence-electron chi connectivity index (χ3n) is 6.76. The molecule has 7 nitrogen and oxygen atoms in total. The molecule has 0 spiro atoms. The Morgan fingerprint density at radius 2 is 1.63 bits per heavy atom.